The smallest absolute Gasteiger partial charge is 0.267 e. The Morgan fingerprint density at radius 1 is 1.22 bits per heavy atom. The fourth-order valence-corrected chi connectivity index (χ4v) is 2.18. The van der Waals surface area contributed by atoms with E-state index in [1.807, 2.05) is 25.1 Å². The van der Waals surface area contributed by atoms with Gasteiger partial charge in [0, 0.05) is 11.8 Å². The highest BCUT2D eigenvalue weighted by atomic mass is 16.3. The van der Waals surface area contributed by atoms with E-state index in [2.05, 4.69) is 10.4 Å². The molecule has 1 aromatic carbocycles. The van der Waals surface area contributed by atoms with Crippen molar-refractivity contribution in [3.8, 4) is 11.5 Å². The Morgan fingerprint density at radius 3 is 2.83 bits per heavy atom. The second-order valence-electron chi connectivity index (χ2n) is 5.11. The van der Waals surface area contributed by atoms with Crippen molar-refractivity contribution < 1.29 is 9.21 Å². The lowest BCUT2D eigenvalue weighted by atomic mass is 10.2. The van der Waals surface area contributed by atoms with Gasteiger partial charge >= 0.3 is 0 Å². The molecule has 0 aliphatic carbocycles. The Balaban J connectivity index is 1.78. The van der Waals surface area contributed by atoms with E-state index in [9.17, 15) is 9.59 Å². The number of aromatic nitrogens is 2. The monoisotopic (exact) mass is 309 g/mol. The van der Waals surface area contributed by atoms with Gasteiger partial charge in [-0.25, -0.2) is 4.68 Å². The van der Waals surface area contributed by atoms with E-state index in [-0.39, 0.29) is 18.0 Å². The van der Waals surface area contributed by atoms with Crippen molar-refractivity contribution >= 4 is 11.6 Å². The van der Waals surface area contributed by atoms with E-state index in [0.717, 1.165) is 10.2 Å². The summed E-state index contributed by atoms with van der Waals surface area (Å²) in [5, 5.41) is 6.91. The van der Waals surface area contributed by atoms with Crippen LogP contribution in [0.25, 0.3) is 11.5 Å². The number of benzene rings is 1. The summed E-state index contributed by atoms with van der Waals surface area (Å²) >= 11 is 0. The first-order valence-corrected chi connectivity index (χ1v) is 7.10. The van der Waals surface area contributed by atoms with Gasteiger partial charge in [0.1, 0.15) is 12.2 Å². The predicted octanol–water partition coefficient (Wildman–Crippen LogP) is 2.45. The molecule has 1 N–H and O–H groups in total. The summed E-state index contributed by atoms with van der Waals surface area (Å²) in [6, 6.07) is 13.8. The van der Waals surface area contributed by atoms with Gasteiger partial charge in [-0.2, -0.15) is 5.10 Å². The summed E-state index contributed by atoms with van der Waals surface area (Å²) in [6.07, 6.45) is 1.52. The molecule has 0 saturated carbocycles. The molecule has 0 unspecified atom stereocenters. The molecule has 0 atom stereocenters. The Labute approximate surface area is 132 Å². The molecule has 0 bridgehead atoms. The first-order valence-electron chi connectivity index (χ1n) is 7.10. The van der Waals surface area contributed by atoms with Crippen LogP contribution in [0.4, 0.5) is 5.69 Å². The Kier molecular flexibility index (Phi) is 4.05. The van der Waals surface area contributed by atoms with Crippen molar-refractivity contribution in [3.63, 3.8) is 0 Å². The summed E-state index contributed by atoms with van der Waals surface area (Å²) in [5.41, 5.74) is 1.88. The SMILES string of the molecule is Cc1cccc(NC(=O)Cn2nc(-c3ccco3)ccc2=O)c1. The molecule has 23 heavy (non-hydrogen) atoms. The van der Waals surface area contributed by atoms with E-state index in [0.29, 0.717) is 17.1 Å². The molecule has 0 aliphatic rings. The van der Waals surface area contributed by atoms with E-state index in [1.165, 1.54) is 12.3 Å². The second kappa shape index (κ2) is 6.31. The third kappa shape index (κ3) is 3.55. The summed E-state index contributed by atoms with van der Waals surface area (Å²) in [7, 11) is 0. The molecule has 6 heteroatoms. The molecule has 2 heterocycles. The molecule has 3 aromatic rings. The molecule has 3 rings (SSSR count). The van der Waals surface area contributed by atoms with Crippen molar-refractivity contribution in [2.75, 3.05) is 5.32 Å². The predicted molar refractivity (Wildman–Crippen MR) is 86.0 cm³/mol. The summed E-state index contributed by atoms with van der Waals surface area (Å²) in [5.74, 6) is 0.222. The van der Waals surface area contributed by atoms with Crippen molar-refractivity contribution in [1.82, 2.24) is 9.78 Å². The van der Waals surface area contributed by atoms with Crippen molar-refractivity contribution in [2.45, 2.75) is 13.5 Å². The lowest BCUT2D eigenvalue weighted by molar-refractivity contribution is -0.117. The molecular formula is C17H15N3O3. The van der Waals surface area contributed by atoms with Crippen LogP contribution in [0.2, 0.25) is 0 Å². The van der Waals surface area contributed by atoms with Crippen LogP contribution in [0.5, 0.6) is 0 Å². The largest absolute Gasteiger partial charge is 0.463 e. The fraction of sp³-hybridized carbons (Fsp3) is 0.118. The van der Waals surface area contributed by atoms with Crippen LogP contribution in [0.3, 0.4) is 0 Å². The van der Waals surface area contributed by atoms with E-state index < -0.39 is 0 Å². The number of hydrogen-bond donors (Lipinski definition) is 1. The van der Waals surface area contributed by atoms with Crippen LogP contribution >= 0.6 is 0 Å². The maximum Gasteiger partial charge on any atom is 0.267 e. The Morgan fingerprint density at radius 2 is 2.09 bits per heavy atom. The third-order valence-electron chi connectivity index (χ3n) is 3.24. The van der Waals surface area contributed by atoms with Crippen LogP contribution in [0.1, 0.15) is 5.56 Å². The lowest BCUT2D eigenvalue weighted by Gasteiger charge is -2.08. The highest BCUT2D eigenvalue weighted by molar-refractivity contribution is 5.90. The van der Waals surface area contributed by atoms with Crippen molar-refractivity contribution in [1.29, 1.82) is 0 Å². The molecule has 1 amide bonds. The number of aryl methyl sites for hydroxylation is 1. The van der Waals surface area contributed by atoms with Gasteiger partial charge < -0.3 is 9.73 Å². The molecule has 0 aliphatic heterocycles. The molecule has 116 valence electrons. The van der Waals surface area contributed by atoms with Gasteiger partial charge in [0.2, 0.25) is 5.91 Å². The van der Waals surface area contributed by atoms with Gasteiger partial charge in [-0.1, -0.05) is 12.1 Å². The minimum absolute atomic E-state index is 0.165. The molecule has 0 fully saturated rings. The minimum Gasteiger partial charge on any atom is -0.463 e. The maximum absolute atomic E-state index is 12.1. The minimum atomic E-state index is -0.348. The molecule has 0 radical (unpaired) electrons. The van der Waals surface area contributed by atoms with Gasteiger partial charge in [0.05, 0.1) is 6.26 Å². The lowest BCUT2D eigenvalue weighted by Crippen LogP contribution is -2.29. The normalized spacial score (nSPS) is 10.5. The molecule has 0 spiro atoms. The van der Waals surface area contributed by atoms with E-state index in [1.54, 1.807) is 24.3 Å². The number of furan rings is 1. The highest BCUT2D eigenvalue weighted by Gasteiger charge is 2.09. The van der Waals surface area contributed by atoms with Gasteiger partial charge in [-0.3, -0.25) is 9.59 Å². The molecule has 2 aromatic heterocycles. The number of hydrogen-bond acceptors (Lipinski definition) is 4. The number of rotatable bonds is 4. The zero-order valence-electron chi connectivity index (χ0n) is 12.5. The maximum atomic E-state index is 12.1. The first kappa shape index (κ1) is 14.8. The van der Waals surface area contributed by atoms with Gasteiger partial charge in [0.15, 0.2) is 5.76 Å². The van der Waals surface area contributed by atoms with Gasteiger partial charge in [-0.15, -0.1) is 0 Å². The van der Waals surface area contributed by atoms with Crippen LogP contribution in [0.15, 0.2) is 64.0 Å². The van der Waals surface area contributed by atoms with Crippen LogP contribution in [0, 0.1) is 6.92 Å². The van der Waals surface area contributed by atoms with Crippen LogP contribution in [-0.2, 0) is 11.3 Å². The summed E-state index contributed by atoms with van der Waals surface area (Å²) in [6.45, 7) is 1.77. The third-order valence-corrected chi connectivity index (χ3v) is 3.24. The average molecular weight is 309 g/mol. The molecule has 6 nitrogen and oxygen atoms in total. The topological polar surface area (TPSA) is 77.1 Å². The molecule has 0 saturated heterocycles. The quantitative estimate of drug-likeness (QED) is 0.803. The highest BCUT2D eigenvalue weighted by Crippen LogP contribution is 2.15. The molecular weight excluding hydrogens is 294 g/mol. The van der Waals surface area contributed by atoms with Crippen molar-refractivity contribution in [2.24, 2.45) is 0 Å². The van der Waals surface area contributed by atoms with Gasteiger partial charge in [-0.05, 0) is 42.8 Å². The number of carbonyl (C=O) groups is 1. The second-order valence-corrected chi connectivity index (χ2v) is 5.11. The number of nitrogens with zero attached hydrogens (tertiary/aromatic N) is 2. The first-order chi connectivity index (χ1) is 11.1. The van der Waals surface area contributed by atoms with E-state index in [4.69, 9.17) is 4.42 Å². The number of amides is 1. The summed E-state index contributed by atoms with van der Waals surface area (Å²) < 4.78 is 6.36. The van der Waals surface area contributed by atoms with Crippen LogP contribution < -0.4 is 10.9 Å². The number of nitrogens with one attached hydrogen (secondary N) is 1. The van der Waals surface area contributed by atoms with Gasteiger partial charge in [0.25, 0.3) is 5.56 Å². The Hall–Kier alpha value is -3.15. The fourth-order valence-electron chi connectivity index (χ4n) is 2.18. The zero-order chi connectivity index (χ0) is 16.2. The summed E-state index contributed by atoms with van der Waals surface area (Å²) in [4.78, 5) is 24.0. The van der Waals surface area contributed by atoms with E-state index >= 15 is 0 Å². The number of anilines is 1. The Bertz CT molecular complexity index is 882. The van der Waals surface area contributed by atoms with Crippen molar-refractivity contribution in [3.05, 3.63) is 70.7 Å². The average Bonchev–Trinajstić information content (AvgIpc) is 3.04. The standard InChI is InChI=1S/C17H15N3O3/c1-12-4-2-5-13(10-12)18-16(21)11-20-17(22)8-7-14(19-20)15-6-3-9-23-15/h2-10H,11H2,1H3,(H,18,21). The van der Waals surface area contributed by atoms with Crippen LogP contribution in [-0.4, -0.2) is 15.7 Å². The number of carbonyl (C=O) groups excluding carboxylic acids is 1. The zero-order valence-corrected chi connectivity index (χ0v) is 12.5.